The molecule has 1 aliphatic rings. The minimum absolute atomic E-state index is 0.158. The van der Waals surface area contributed by atoms with Gasteiger partial charge < -0.3 is 10.0 Å². The zero-order valence-electron chi connectivity index (χ0n) is 15.0. The number of halogens is 1. The third-order valence-electron chi connectivity index (χ3n) is 4.91. The molecule has 0 bridgehead atoms. The average molecular weight is 373 g/mol. The van der Waals surface area contributed by atoms with Crippen molar-refractivity contribution in [1.82, 2.24) is 0 Å². The van der Waals surface area contributed by atoms with E-state index in [9.17, 15) is 14.7 Å². The Hall–Kier alpha value is -2.53. The van der Waals surface area contributed by atoms with Gasteiger partial charge in [-0.15, -0.1) is 0 Å². The number of aryl methyl sites for hydroxylation is 2. The monoisotopic (exact) mass is 372 g/mol. The maximum Gasteiger partial charge on any atom is 0.412 e. The lowest BCUT2D eigenvalue weighted by molar-refractivity contribution is 0.0982. The molecule has 0 saturated heterocycles. The third-order valence-corrected chi connectivity index (χ3v) is 5.17. The first-order chi connectivity index (χ1) is 12.3. The summed E-state index contributed by atoms with van der Waals surface area (Å²) in [6.07, 6.45) is -0.386. The lowest BCUT2D eigenvalue weighted by Crippen LogP contribution is -2.52. The second-order valence-corrected chi connectivity index (χ2v) is 7.00. The van der Waals surface area contributed by atoms with Gasteiger partial charge in [0.15, 0.2) is 0 Å². The van der Waals surface area contributed by atoms with Gasteiger partial charge >= 0.3 is 6.09 Å². The molecule has 1 atom stereocenters. The normalized spacial score (nSPS) is 16.4. The van der Waals surface area contributed by atoms with Crippen LogP contribution in [0.25, 0.3) is 0 Å². The molecule has 1 N–H and O–H groups in total. The number of carbonyl (C=O) groups is 2. The number of carboxylic acid groups (broad SMARTS) is 1. The van der Waals surface area contributed by atoms with E-state index in [0.29, 0.717) is 34.9 Å². The average Bonchev–Trinajstić information content (AvgIpc) is 2.61. The SMILES string of the molecule is CCC1CN(C(=O)c2ccc(Cl)cc2)c2cc(C)c(C)cc2N1C(=O)O. The molecule has 136 valence electrons. The van der Waals surface area contributed by atoms with Gasteiger partial charge in [0.25, 0.3) is 5.91 Å². The highest BCUT2D eigenvalue weighted by atomic mass is 35.5. The van der Waals surface area contributed by atoms with Crippen LogP contribution in [0.5, 0.6) is 0 Å². The van der Waals surface area contributed by atoms with Crippen molar-refractivity contribution in [3.63, 3.8) is 0 Å². The molecule has 1 heterocycles. The summed E-state index contributed by atoms with van der Waals surface area (Å²) in [7, 11) is 0. The van der Waals surface area contributed by atoms with Crippen LogP contribution >= 0.6 is 11.6 Å². The summed E-state index contributed by atoms with van der Waals surface area (Å²) in [5, 5.41) is 10.3. The highest BCUT2D eigenvalue weighted by molar-refractivity contribution is 6.30. The number of amides is 2. The van der Waals surface area contributed by atoms with E-state index in [4.69, 9.17) is 11.6 Å². The van der Waals surface area contributed by atoms with E-state index in [1.807, 2.05) is 32.9 Å². The van der Waals surface area contributed by atoms with Gasteiger partial charge in [-0.1, -0.05) is 18.5 Å². The topological polar surface area (TPSA) is 60.9 Å². The van der Waals surface area contributed by atoms with Gasteiger partial charge in [0.2, 0.25) is 0 Å². The van der Waals surface area contributed by atoms with Crippen molar-refractivity contribution in [2.24, 2.45) is 0 Å². The van der Waals surface area contributed by atoms with Crippen LogP contribution in [0.2, 0.25) is 5.02 Å². The molecule has 1 unspecified atom stereocenters. The van der Waals surface area contributed by atoms with E-state index < -0.39 is 6.09 Å². The number of nitrogens with zero attached hydrogens (tertiary/aromatic N) is 2. The molecular formula is C20H21ClN2O3. The molecule has 0 aliphatic carbocycles. The van der Waals surface area contributed by atoms with Crippen LogP contribution in [0.15, 0.2) is 36.4 Å². The summed E-state index contributed by atoms with van der Waals surface area (Å²) in [4.78, 5) is 28.1. The summed E-state index contributed by atoms with van der Waals surface area (Å²) in [6.45, 7) is 6.14. The molecule has 6 heteroatoms. The maximum absolute atomic E-state index is 13.1. The second-order valence-electron chi connectivity index (χ2n) is 6.56. The zero-order chi connectivity index (χ0) is 19.0. The van der Waals surface area contributed by atoms with Crippen molar-refractivity contribution >= 4 is 35.0 Å². The summed E-state index contributed by atoms with van der Waals surface area (Å²) < 4.78 is 0. The van der Waals surface area contributed by atoms with Gasteiger partial charge in [-0.3, -0.25) is 9.69 Å². The lowest BCUT2D eigenvalue weighted by Gasteiger charge is -2.41. The van der Waals surface area contributed by atoms with E-state index in [1.54, 1.807) is 29.2 Å². The fraction of sp³-hybridized carbons (Fsp3) is 0.300. The van der Waals surface area contributed by atoms with Gasteiger partial charge in [-0.2, -0.15) is 0 Å². The van der Waals surface area contributed by atoms with Gasteiger partial charge in [-0.05, 0) is 67.8 Å². The molecule has 0 aromatic heterocycles. The fourth-order valence-corrected chi connectivity index (χ4v) is 3.42. The first kappa shape index (κ1) is 18.3. The number of anilines is 2. The van der Waals surface area contributed by atoms with Crippen LogP contribution in [-0.4, -0.2) is 29.7 Å². The van der Waals surface area contributed by atoms with Gasteiger partial charge in [0, 0.05) is 17.1 Å². The summed E-state index contributed by atoms with van der Waals surface area (Å²) in [5.41, 5.74) is 3.71. The van der Waals surface area contributed by atoms with E-state index in [-0.39, 0.29) is 11.9 Å². The molecule has 2 aromatic rings. The molecule has 1 aliphatic heterocycles. The summed E-state index contributed by atoms with van der Waals surface area (Å²) >= 11 is 5.92. The Bertz CT molecular complexity index is 864. The zero-order valence-corrected chi connectivity index (χ0v) is 15.7. The number of hydrogen-bond donors (Lipinski definition) is 1. The van der Waals surface area contributed by atoms with Crippen molar-refractivity contribution in [2.45, 2.75) is 33.2 Å². The largest absolute Gasteiger partial charge is 0.465 e. The minimum atomic E-state index is -1.00. The molecule has 0 radical (unpaired) electrons. The quantitative estimate of drug-likeness (QED) is 0.817. The Morgan fingerprint density at radius 3 is 2.23 bits per heavy atom. The minimum Gasteiger partial charge on any atom is -0.465 e. The molecule has 3 rings (SSSR count). The molecule has 0 fully saturated rings. The molecule has 0 saturated carbocycles. The highest BCUT2D eigenvalue weighted by Crippen LogP contribution is 2.39. The Morgan fingerprint density at radius 2 is 1.69 bits per heavy atom. The van der Waals surface area contributed by atoms with Gasteiger partial charge in [0.1, 0.15) is 0 Å². The Morgan fingerprint density at radius 1 is 1.12 bits per heavy atom. The van der Waals surface area contributed by atoms with E-state index in [2.05, 4.69) is 0 Å². The molecule has 5 nitrogen and oxygen atoms in total. The molecule has 2 aromatic carbocycles. The molecule has 0 spiro atoms. The second kappa shape index (κ2) is 7.00. The standard InChI is InChI=1S/C20H21ClN2O3/c1-4-16-11-22(19(24)14-5-7-15(21)8-6-14)17-9-12(2)13(3)10-18(17)23(16)20(25)26/h5-10,16H,4,11H2,1-3H3,(H,25,26). The number of benzene rings is 2. The van der Waals surface area contributed by atoms with E-state index >= 15 is 0 Å². The molecule has 26 heavy (non-hydrogen) atoms. The van der Waals surface area contributed by atoms with Crippen LogP contribution < -0.4 is 9.80 Å². The van der Waals surface area contributed by atoms with Crippen molar-refractivity contribution < 1.29 is 14.7 Å². The smallest absolute Gasteiger partial charge is 0.412 e. The summed E-state index contributed by atoms with van der Waals surface area (Å²) in [6, 6.07) is 10.2. The van der Waals surface area contributed by atoms with Crippen LogP contribution in [-0.2, 0) is 0 Å². The van der Waals surface area contributed by atoms with Crippen molar-refractivity contribution in [1.29, 1.82) is 0 Å². The van der Waals surface area contributed by atoms with Crippen molar-refractivity contribution in [2.75, 3.05) is 16.3 Å². The van der Waals surface area contributed by atoms with Crippen LogP contribution in [0.1, 0.15) is 34.8 Å². The van der Waals surface area contributed by atoms with Crippen LogP contribution in [0.3, 0.4) is 0 Å². The highest BCUT2D eigenvalue weighted by Gasteiger charge is 2.36. The van der Waals surface area contributed by atoms with E-state index in [1.165, 1.54) is 4.90 Å². The third kappa shape index (κ3) is 3.15. The molecule has 2 amide bonds. The first-order valence-electron chi connectivity index (χ1n) is 8.54. The van der Waals surface area contributed by atoms with Crippen LogP contribution in [0, 0.1) is 13.8 Å². The Balaban J connectivity index is 2.13. The van der Waals surface area contributed by atoms with Crippen molar-refractivity contribution in [3.8, 4) is 0 Å². The van der Waals surface area contributed by atoms with Gasteiger partial charge in [-0.25, -0.2) is 4.79 Å². The number of rotatable bonds is 2. The number of hydrogen-bond acceptors (Lipinski definition) is 2. The Kier molecular flexibility index (Phi) is 4.92. The lowest BCUT2D eigenvalue weighted by atomic mass is 9.99. The fourth-order valence-electron chi connectivity index (χ4n) is 3.29. The first-order valence-corrected chi connectivity index (χ1v) is 8.92. The Labute approximate surface area is 157 Å². The predicted molar refractivity (Wildman–Crippen MR) is 104 cm³/mol. The predicted octanol–water partition coefficient (Wildman–Crippen LogP) is 4.88. The molecular weight excluding hydrogens is 352 g/mol. The maximum atomic E-state index is 13.1. The van der Waals surface area contributed by atoms with E-state index in [0.717, 1.165) is 11.1 Å². The van der Waals surface area contributed by atoms with Gasteiger partial charge in [0.05, 0.1) is 17.4 Å². The summed E-state index contributed by atoms with van der Waals surface area (Å²) in [5.74, 6) is -0.158. The number of carbonyl (C=O) groups excluding carboxylic acids is 1. The number of fused-ring (bicyclic) bond motifs is 1. The van der Waals surface area contributed by atoms with Crippen LogP contribution in [0.4, 0.5) is 16.2 Å². The van der Waals surface area contributed by atoms with Crippen molar-refractivity contribution in [3.05, 3.63) is 58.1 Å².